The lowest BCUT2D eigenvalue weighted by molar-refractivity contribution is 0.0999. The molecule has 1 aromatic carbocycles. The molecule has 4 heterocycles. The molecule has 0 radical (unpaired) electrons. The van der Waals surface area contributed by atoms with Gasteiger partial charge in [-0.05, 0) is 60.0 Å². The molecule has 5 nitrogen and oxygen atoms in total. The Labute approximate surface area is 215 Å². The Morgan fingerprint density at radius 1 is 1.00 bits per heavy atom. The molecule has 9 heteroatoms. The zero-order chi connectivity index (χ0) is 23.7. The van der Waals surface area contributed by atoms with E-state index >= 15 is 0 Å². The highest BCUT2D eigenvalue weighted by Crippen LogP contribution is 2.30. The van der Waals surface area contributed by atoms with Crippen molar-refractivity contribution in [2.24, 2.45) is 5.73 Å². The van der Waals surface area contributed by atoms with Crippen molar-refractivity contribution in [3.8, 4) is 11.6 Å². The minimum Gasteiger partial charge on any atom is -0.439 e. The first-order chi connectivity index (χ1) is 16.4. The van der Waals surface area contributed by atoms with Gasteiger partial charge in [0.2, 0.25) is 5.88 Å². The molecular formula is C25H21Cl2N3O2S2. The summed E-state index contributed by atoms with van der Waals surface area (Å²) in [6.07, 6.45) is 1.41. The Bertz CT molecular complexity index is 1350. The van der Waals surface area contributed by atoms with Crippen molar-refractivity contribution in [1.82, 2.24) is 9.88 Å². The molecule has 0 spiro atoms. The van der Waals surface area contributed by atoms with Gasteiger partial charge in [-0.25, -0.2) is 4.98 Å². The van der Waals surface area contributed by atoms with E-state index in [4.69, 9.17) is 33.7 Å². The number of pyridine rings is 1. The summed E-state index contributed by atoms with van der Waals surface area (Å²) in [5.41, 5.74) is 9.10. The first-order valence-electron chi connectivity index (χ1n) is 10.7. The Kier molecular flexibility index (Phi) is 6.90. The number of nitrogens with zero attached hydrogens (tertiary/aromatic N) is 2. The second-order valence-corrected chi connectivity index (χ2v) is 11.7. The molecule has 174 valence electrons. The van der Waals surface area contributed by atoms with Crippen LogP contribution < -0.4 is 10.5 Å². The van der Waals surface area contributed by atoms with Crippen LogP contribution in [0.5, 0.6) is 11.6 Å². The first-order valence-corrected chi connectivity index (χ1v) is 13.1. The van der Waals surface area contributed by atoms with E-state index in [-0.39, 0.29) is 0 Å². The van der Waals surface area contributed by atoms with E-state index in [1.165, 1.54) is 27.3 Å². The molecule has 34 heavy (non-hydrogen) atoms. The van der Waals surface area contributed by atoms with Crippen LogP contribution in [-0.2, 0) is 25.9 Å². The molecule has 4 aromatic rings. The maximum atomic E-state index is 11.9. The van der Waals surface area contributed by atoms with Gasteiger partial charge in [-0.3, -0.25) is 9.69 Å². The fourth-order valence-corrected chi connectivity index (χ4v) is 6.30. The minimum absolute atomic E-state index is 0.384. The van der Waals surface area contributed by atoms with Gasteiger partial charge >= 0.3 is 0 Å². The number of hydrogen-bond donors (Lipinski definition) is 1. The van der Waals surface area contributed by atoms with Gasteiger partial charge in [0.15, 0.2) is 0 Å². The van der Waals surface area contributed by atoms with Gasteiger partial charge in [0.05, 0.1) is 19.9 Å². The zero-order valence-corrected chi connectivity index (χ0v) is 21.2. The molecule has 3 aromatic heterocycles. The highest BCUT2D eigenvalue weighted by molar-refractivity contribution is 7.16. The molecule has 0 aliphatic carbocycles. The van der Waals surface area contributed by atoms with Crippen LogP contribution in [0.25, 0.3) is 0 Å². The molecule has 0 unspecified atom stereocenters. The molecule has 0 saturated heterocycles. The third kappa shape index (κ3) is 5.45. The SMILES string of the molecule is NC(=O)c1ccc(Oc2ccc3c(c2)CCN(Cc2ccc(Cl)s2)C3)nc1Cc1ccc(Cl)s1. The monoisotopic (exact) mass is 529 g/mol. The number of aromatic nitrogens is 1. The summed E-state index contributed by atoms with van der Waals surface area (Å²) in [6.45, 7) is 2.78. The highest BCUT2D eigenvalue weighted by Gasteiger charge is 2.19. The van der Waals surface area contributed by atoms with Crippen molar-refractivity contribution >= 4 is 51.8 Å². The molecular weight excluding hydrogens is 509 g/mol. The number of ether oxygens (including phenoxy) is 1. The number of hydrogen-bond acceptors (Lipinski definition) is 6. The van der Waals surface area contributed by atoms with Crippen molar-refractivity contribution in [1.29, 1.82) is 0 Å². The third-order valence-electron chi connectivity index (χ3n) is 5.68. The van der Waals surface area contributed by atoms with Crippen molar-refractivity contribution in [2.45, 2.75) is 25.9 Å². The van der Waals surface area contributed by atoms with E-state index in [9.17, 15) is 4.79 Å². The van der Waals surface area contributed by atoms with Crippen molar-refractivity contribution in [3.05, 3.63) is 95.4 Å². The number of fused-ring (bicyclic) bond motifs is 1. The molecule has 0 atom stereocenters. The number of rotatable bonds is 7. The van der Waals surface area contributed by atoms with Crippen LogP contribution in [0.15, 0.2) is 54.6 Å². The van der Waals surface area contributed by atoms with E-state index in [0.717, 1.165) is 41.0 Å². The molecule has 0 fully saturated rings. The average molecular weight is 531 g/mol. The van der Waals surface area contributed by atoms with Gasteiger partial charge in [0, 0.05) is 41.9 Å². The fraction of sp³-hybridized carbons (Fsp3) is 0.200. The van der Waals surface area contributed by atoms with Gasteiger partial charge in [0.1, 0.15) is 5.75 Å². The predicted molar refractivity (Wildman–Crippen MR) is 139 cm³/mol. The van der Waals surface area contributed by atoms with Crippen LogP contribution in [0, 0.1) is 0 Å². The summed E-state index contributed by atoms with van der Waals surface area (Å²) in [6, 6.07) is 17.3. The molecule has 1 amide bonds. The number of carbonyl (C=O) groups is 1. The van der Waals surface area contributed by atoms with Crippen LogP contribution in [0.3, 0.4) is 0 Å². The fourth-order valence-electron chi connectivity index (χ4n) is 4.07. The maximum absolute atomic E-state index is 11.9. The number of thiophene rings is 2. The number of carbonyl (C=O) groups excluding carboxylic acids is 1. The molecule has 2 N–H and O–H groups in total. The maximum Gasteiger partial charge on any atom is 0.250 e. The molecule has 0 saturated carbocycles. The zero-order valence-electron chi connectivity index (χ0n) is 18.1. The minimum atomic E-state index is -0.514. The first kappa shape index (κ1) is 23.3. The van der Waals surface area contributed by atoms with E-state index in [1.54, 1.807) is 23.5 Å². The van der Waals surface area contributed by atoms with Crippen LogP contribution in [-0.4, -0.2) is 22.3 Å². The number of benzene rings is 1. The van der Waals surface area contributed by atoms with Gasteiger partial charge < -0.3 is 10.5 Å². The van der Waals surface area contributed by atoms with Crippen molar-refractivity contribution in [3.63, 3.8) is 0 Å². The predicted octanol–water partition coefficient (Wildman–Crippen LogP) is 6.55. The van der Waals surface area contributed by atoms with E-state index < -0.39 is 5.91 Å². The highest BCUT2D eigenvalue weighted by atomic mass is 35.5. The summed E-state index contributed by atoms with van der Waals surface area (Å²) in [5.74, 6) is 0.635. The van der Waals surface area contributed by atoms with Crippen molar-refractivity contribution in [2.75, 3.05) is 6.54 Å². The second-order valence-electron chi connectivity index (χ2n) is 8.09. The Balaban J connectivity index is 1.31. The van der Waals surface area contributed by atoms with Gasteiger partial charge in [-0.2, -0.15) is 0 Å². The summed E-state index contributed by atoms with van der Waals surface area (Å²) < 4.78 is 7.59. The summed E-state index contributed by atoms with van der Waals surface area (Å²) >= 11 is 15.2. The van der Waals surface area contributed by atoms with E-state index in [1.807, 2.05) is 24.3 Å². The van der Waals surface area contributed by atoms with E-state index in [0.29, 0.717) is 27.9 Å². The van der Waals surface area contributed by atoms with Crippen LogP contribution in [0.4, 0.5) is 0 Å². The standard InChI is InChI=1S/C25H21Cl2N3O2S2/c26-22-6-3-18(33-22)12-21-20(25(28)31)5-8-24(29-21)32-17-2-1-16-13-30(10-9-15(16)11-17)14-19-4-7-23(27)34-19/h1-8,11H,9-10,12-14H2,(H2,28,31). The third-order valence-corrected chi connectivity index (χ3v) is 8.13. The summed E-state index contributed by atoms with van der Waals surface area (Å²) in [7, 11) is 0. The van der Waals surface area contributed by atoms with Gasteiger partial charge in [-0.1, -0.05) is 29.3 Å². The van der Waals surface area contributed by atoms with E-state index in [2.05, 4.69) is 28.1 Å². The lowest BCUT2D eigenvalue weighted by Crippen LogP contribution is -2.29. The number of nitrogens with two attached hydrogens (primary N) is 1. The number of amides is 1. The van der Waals surface area contributed by atoms with Crippen molar-refractivity contribution < 1.29 is 9.53 Å². The second kappa shape index (κ2) is 10.1. The lowest BCUT2D eigenvalue weighted by Gasteiger charge is -2.28. The quantitative estimate of drug-likeness (QED) is 0.294. The number of primary amides is 1. The lowest BCUT2D eigenvalue weighted by atomic mass is 9.99. The van der Waals surface area contributed by atoms with Crippen LogP contribution in [0.1, 0.15) is 36.9 Å². The van der Waals surface area contributed by atoms with Crippen LogP contribution >= 0.6 is 45.9 Å². The topological polar surface area (TPSA) is 68.5 Å². The Morgan fingerprint density at radius 2 is 1.76 bits per heavy atom. The normalized spacial score (nSPS) is 13.6. The molecule has 1 aliphatic rings. The van der Waals surface area contributed by atoms with Gasteiger partial charge in [0.25, 0.3) is 5.91 Å². The van der Waals surface area contributed by atoms with Gasteiger partial charge in [-0.15, -0.1) is 22.7 Å². The summed E-state index contributed by atoms with van der Waals surface area (Å²) in [5, 5.41) is 0. The molecule has 0 bridgehead atoms. The number of halogens is 2. The smallest absolute Gasteiger partial charge is 0.250 e. The Morgan fingerprint density at radius 3 is 2.47 bits per heavy atom. The Hall–Kier alpha value is -2.42. The molecule has 5 rings (SSSR count). The average Bonchev–Trinajstić information content (AvgIpc) is 3.41. The molecule has 1 aliphatic heterocycles. The summed E-state index contributed by atoms with van der Waals surface area (Å²) in [4.78, 5) is 21.2. The largest absolute Gasteiger partial charge is 0.439 e. The van der Waals surface area contributed by atoms with Crippen LogP contribution in [0.2, 0.25) is 8.67 Å².